The van der Waals surface area contributed by atoms with Gasteiger partial charge in [-0.05, 0) is 42.7 Å². The fourth-order valence-electron chi connectivity index (χ4n) is 2.86. The van der Waals surface area contributed by atoms with Crippen molar-refractivity contribution in [2.24, 2.45) is 5.92 Å². The summed E-state index contributed by atoms with van der Waals surface area (Å²) < 4.78 is 0. The van der Waals surface area contributed by atoms with E-state index in [1.165, 1.54) is 23.3 Å². The monoisotopic (exact) mass is 304 g/mol. The highest BCUT2D eigenvalue weighted by molar-refractivity contribution is 7.98. The van der Waals surface area contributed by atoms with E-state index in [0.29, 0.717) is 12.3 Å². The third-order valence-corrected chi connectivity index (χ3v) is 5.17. The first-order valence-electron chi connectivity index (χ1n) is 7.87. The molecule has 3 rings (SSSR count). The van der Waals surface area contributed by atoms with Crippen LogP contribution in [0.2, 0.25) is 0 Å². The van der Waals surface area contributed by atoms with Crippen LogP contribution < -0.4 is 0 Å². The molecule has 0 spiro atoms. The van der Waals surface area contributed by atoms with Gasteiger partial charge in [-0.2, -0.15) is 0 Å². The molecule has 1 saturated carbocycles. The lowest BCUT2D eigenvalue weighted by Crippen LogP contribution is -2.34. The molecule has 0 unspecified atom stereocenters. The Balaban J connectivity index is 1.54. The average molecular weight is 304 g/mol. The second-order valence-electron chi connectivity index (χ2n) is 6.16. The van der Waals surface area contributed by atoms with Gasteiger partial charge in [0.15, 0.2) is 0 Å². The van der Waals surface area contributed by atoms with Crippen molar-refractivity contribution in [3.63, 3.8) is 0 Å². The summed E-state index contributed by atoms with van der Waals surface area (Å²) in [5.41, 5.74) is 1.34. The lowest BCUT2D eigenvalue weighted by atomic mass is 10.2. The van der Waals surface area contributed by atoms with E-state index in [2.05, 4.69) is 40.3 Å². The van der Waals surface area contributed by atoms with Crippen LogP contribution in [-0.2, 0) is 11.3 Å². The zero-order valence-corrected chi connectivity index (χ0v) is 13.6. The third-order valence-electron chi connectivity index (χ3n) is 4.42. The Labute approximate surface area is 131 Å². The second-order valence-corrected chi connectivity index (χ2v) is 7.04. The Bertz CT molecular complexity index is 484. The molecule has 0 N–H and O–H groups in total. The Morgan fingerprint density at radius 2 is 1.90 bits per heavy atom. The number of hydrogen-bond acceptors (Lipinski definition) is 3. The molecular weight excluding hydrogens is 280 g/mol. The highest BCUT2D eigenvalue weighted by Crippen LogP contribution is 2.30. The zero-order valence-electron chi connectivity index (χ0n) is 12.8. The average Bonchev–Trinajstić information content (AvgIpc) is 3.33. The number of thioether (sulfide) groups is 1. The minimum Gasteiger partial charge on any atom is -0.341 e. The van der Waals surface area contributed by atoms with Crippen LogP contribution in [0, 0.1) is 5.92 Å². The van der Waals surface area contributed by atoms with E-state index in [1.54, 1.807) is 11.8 Å². The molecular formula is C17H24N2OS. The number of rotatable bonds is 5. The number of amides is 1. The van der Waals surface area contributed by atoms with Crippen LogP contribution in [0.3, 0.4) is 0 Å². The van der Waals surface area contributed by atoms with E-state index < -0.39 is 0 Å². The molecule has 0 bridgehead atoms. The fourth-order valence-corrected chi connectivity index (χ4v) is 3.27. The summed E-state index contributed by atoms with van der Waals surface area (Å²) >= 11 is 1.77. The number of benzene rings is 1. The number of nitrogens with zero attached hydrogens (tertiary/aromatic N) is 2. The van der Waals surface area contributed by atoms with Crippen molar-refractivity contribution in [3.05, 3.63) is 29.8 Å². The maximum atomic E-state index is 12.2. The van der Waals surface area contributed by atoms with Crippen LogP contribution in [-0.4, -0.2) is 48.1 Å². The van der Waals surface area contributed by atoms with Gasteiger partial charge in [-0.3, -0.25) is 9.69 Å². The third kappa shape index (κ3) is 4.24. The molecule has 0 radical (unpaired) electrons. The molecule has 4 heteroatoms. The molecule has 3 nitrogen and oxygen atoms in total. The van der Waals surface area contributed by atoms with Crippen molar-refractivity contribution in [2.75, 3.05) is 32.4 Å². The maximum absolute atomic E-state index is 12.2. The van der Waals surface area contributed by atoms with Gasteiger partial charge in [0.2, 0.25) is 5.91 Å². The summed E-state index contributed by atoms with van der Waals surface area (Å²) in [5, 5.41) is 0. The SMILES string of the molecule is CSc1ccc(CN2CCC(=O)N(CC3CC3)CC2)cc1. The van der Waals surface area contributed by atoms with E-state index in [0.717, 1.165) is 38.6 Å². The van der Waals surface area contributed by atoms with Crippen LogP contribution >= 0.6 is 11.8 Å². The van der Waals surface area contributed by atoms with E-state index in [-0.39, 0.29) is 0 Å². The summed E-state index contributed by atoms with van der Waals surface area (Å²) in [6.45, 7) is 4.75. The van der Waals surface area contributed by atoms with Gasteiger partial charge < -0.3 is 4.90 Å². The molecule has 1 heterocycles. The highest BCUT2D eigenvalue weighted by Gasteiger charge is 2.28. The highest BCUT2D eigenvalue weighted by atomic mass is 32.2. The molecule has 1 saturated heterocycles. The normalized spacial score (nSPS) is 20.6. The summed E-state index contributed by atoms with van der Waals surface area (Å²) in [5.74, 6) is 1.14. The first kappa shape index (κ1) is 14.9. The van der Waals surface area contributed by atoms with Gasteiger partial charge in [-0.15, -0.1) is 11.8 Å². The van der Waals surface area contributed by atoms with Crippen LogP contribution in [0.5, 0.6) is 0 Å². The Hall–Kier alpha value is -1.00. The summed E-state index contributed by atoms with van der Waals surface area (Å²) in [4.78, 5) is 18.0. The molecule has 1 aliphatic carbocycles. The molecule has 1 amide bonds. The van der Waals surface area contributed by atoms with Crippen molar-refractivity contribution in [2.45, 2.75) is 30.7 Å². The van der Waals surface area contributed by atoms with E-state index >= 15 is 0 Å². The van der Waals surface area contributed by atoms with Crippen LogP contribution in [0.25, 0.3) is 0 Å². The fraction of sp³-hybridized carbons (Fsp3) is 0.588. The summed E-state index contributed by atoms with van der Waals surface area (Å²) in [6.07, 6.45) is 5.41. The molecule has 0 aromatic heterocycles. The topological polar surface area (TPSA) is 23.6 Å². The number of carbonyl (C=O) groups excluding carboxylic acids is 1. The molecule has 21 heavy (non-hydrogen) atoms. The number of carbonyl (C=O) groups is 1. The Kier molecular flexibility index (Phi) is 4.86. The van der Waals surface area contributed by atoms with Crippen molar-refractivity contribution in [1.29, 1.82) is 0 Å². The van der Waals surface area contributed by atoms with Crippen molar-refractivity contribution in [3.8, 4) is 0 Å². The molecule has 2 aliphatic rings. The molecule has 0 atom stereocenters. The van der Waals surface area contributed by atoms with Gasteiger partial charge in [0.25, 0.3) is 0 Å². The molecule has 114 valence electrons. The summed E-state index contributed by atoms with van der Waals surface area (Å²) in [7, 11) is 0. The maximum Gasteiger partial charge on any atom is 0.223 e. The lowest BCUT2D eigenvalue weighted by Gasteiger charge is -2.22. The molecule has 1 aliphatic heterocycles. The van der Waals surface area contributed by atoms with Crippen molar-refractivity contribution in [1.82, 2.24) is 9.80 Å². The van der Waals surface area contributed by atoms with Gasteiger partial charge in [0.1, 0.15) is 0 Å². The van der Waals surface area contributed by atoms with Crippen molar-refractivity contribution >= 4 is 17.7 Å². The Morgan fingerprint density at radius 1 is 1.14 bits per heavy atom. The zero-order chi connectivity index (χ0) is 14.7. The van der Waals surface area contributed by atoms with E-state index in [9.17, 15) is 4.79 Å². The van der Waals surface area contributed by atoms with E-state index in [1.807, 2.05) is 0 Å². The van der Waals surface area contributed by atoms with Crippen LogP contribution in [0.15, 0.2) is 29.2 Å². The molecule has 1 aromatic carbocycles. The first-order chi connectivity index (χ1) is 10.2. The van der Waals surface area contributed by atoms with Gasteiger partial charge >= 0.3 is 0 Å². The van der Waals surface area contributed by atoms with Gasteiger partial charge in [0.05, 0.1) is 0 Å². The van der Waals surface area contributed by atoms with Gasteiger partial charge in [-0.25, -0.2) is 0 Å². The molecule has 1 aromatic rings. The standard InChI is InChI=1S/C17H24N2OS/c1-21-16-6-4-14(5-7-16)12-18-9-8-17(20)19(11-10-18)13-15-2-3-15/h4-7,15H,2-3,8-13H2,1H3. The smallest absolute Gasteiger partial charge is 0.223 e. The first-order valence-corrected chi connectivity index (χ1v) is 9.10. The quantitative estimate of drug-likeness (QED) is 0.782. The van der Waals surface area contributed by atoms with Gasteiger partial charge in [-0.1, -0.05) is 12.1 Å². The predicted octanol–water partition coefficient (Wildman–Crippen LogP) is 2.85. The van der Waals surface area contributed by atoms with Crippen LogP contribution in [0.1, 0.15) is 24.8 Å². The van der Waals surface area contributed by atoms with Crippen LogP contribution in [0.4, 0.5) is 0 Å². The largest absolute Gasteiger partial charge is 0.341 e. The lowest BCUT2D eigenvalue weighted by molar-refractivity contribution is -0.130. The minimum absolute atomic E-state index is 0.349. The summed E-state index contributed by atoms with van der Waals surface area (Å²) in [6, 6.07) is 8.78. The minimum atomic E-state index is 0.349. The van der Waals surface area contributed by atoms with Crippen molar-refractivity contribution < 1.29 is 4.79 Å². The second kappa shape index (κ2) is 6.84. The van der Waals surface area contributed by atoms with Gasteiger partial charge in [0, 0.05) is 44.0 Å². The van der Waals surface area contributed by atoms with E-state index in [4.69, 9.17) is 0 Å². The Morgan fingerprint density at radius 3 is 2.57 bits per heavy atom. The predicted molar refractivity (Wildman–Crippen MR) is 87.4 cm³/mol. The number of hydrogen-bond donors (Lipinski definition) is 0. The molecule has 2 fully saturated rings.